The van der Waals surface area contributed by atoms with E-state index in [4.69, 9.17) is 5.73 Å². The van der Waals surface area contributed by atoms with Crippen molar-refractivity contribution in [2.45, 2.75) is 52.5 Å². The summed E-state index contributed by atoms with van der Waals surface area (Å²) in [5.74, 6) is 0.121. The summed E-state index contributed by atoms with van der Waals surface area (Å²) in [5.41, 5.74) is 6.32. The van der Waals surface area contributed by atoms with Gasteiger partial charge in [0.2, 0.25) is 5.91 Å². The molecule has 0 radical (unpaired) electrons. The smallest absolute Gasteiger partial charge is 0.244 e. The van der Waals surface area contributed by atoms with E-state index < -0.39 is 0 Å². The number of nitrogens with zero attached hydrogens (tertiary/aromatic N) is 4. The van der Waals surface area contributed by atoms with Gasteiger partial charge in [0.05, 0.1) is 5.69 Å². The molecule has 1 rings (SSSR count). The Kier molecular flexibility index (Phi) is 7.87. The van der Waals surface area contributed by atoms with Crippen molar-refractivity contribution in [3.05, 3.63) is 11.9 Å². The summed E-state index contributed by atoms with van der Waals surface area (Å²) < 4.78 is 1.61. The molecule has 0 unspecified atom stereocenters. The molecule has 0 bridgehead atoms. The molecule has 0 aliphatic heterocycles. The summed E-state index contributed by atoms with van der Waals surface area (Å²) in [6.45, 7) is 6.76. The van der Waals surface area contributed by atoms with Gasteiger partial charge in [-0.25, -0.2) is 4.68 Å². The Morgan fingerprint density at radius 1 is 1.30 bits per heavy atom. The quantitative estimate of drug-likeness (QED) is 0.699. The van der Waals surface area contributed by atoms with Gasteiger partial charge in [-0.05, 0) is 19.4 Å². The molecule has 0 saturated carbocycles. The van der Waals surface area contributed by atoms with Crippen molar-refractivity contribution in [3.63, 3.8) is 0 Å². The van der Waals surface area contributed by atoms with Gasteiger partial charge in [0.1, 0.15) is 6.54 Å². The highest BCUT2D eigenvalue weighted by molar-refractivity contribution is 5.75. The fourth-order valence-electron chi connectivity index (χ4n) is 1.98. The summed E-state index contributed by atoms with van der Waals surface area (Å²) in [6, 6.07) is 0. The van der Waals surface area contributed by atoms with Gasteiger partial charge >= 0.3 is 0 Å². The van der Waals surface area contributed by atoms with E-state index in [0.717, 1.165) is 44.5 Å². The van der Waals surface area contributed by atoms with Gasteiger partial charge in [-0.15, -0.1) is 5.10 Å². The number of carbonyl (C=O) groups is 1. The van der Waals surface area contributed by atoms with Crippen LogP contribution in [0.15, 0.2) is 6.20 Å². The van der Waals surface area contributed by atoms with Gasteiger partial charge in [0.25, 0.3) is 0 Å². The van der Waals surface area contributed by atoms with Crippen LogP contribution in [0.1, 0.15) is 45.2 Å². The van der Waals surface area contributed by atoms with Crippen LogP contribution < -0.4 is 5.73 Å². The molecule has 0 aliphatic carbocycles. The fraction of sp³-hybridized carbons (Fsp3) is 0.786. The number of hydrogen-bond acceptors (Lipinski definition) is 4. The van der Waals surface area contributed by atoms with Crippen molar-refractivity contribution in [3.8, 4) is 0 Å². The highest BCUT2D eigenvalue weighted by Gasteiger charge is 2.14. The first-order valence-electron chi connectivity index (χ1n) is 7.58. The summed E-state index contributed by atoms with van der Waals surface area (Å²) in [7, 11) is 0. The number of unbranched alkanes of at least 4 members (excludes halogenated alkanes) is 2. The fourth-order valence-corrected chi connectivity index (χ4v) is 1.98. The molecule has 0 aliphatic rings. The minimum atomic E-state index is 0.121. The topological polar surface area (TPSA) is 77.0 Å². The van der Waals surface area contributed by atoms with E-state index in [1.54, 1.807) is 4.68 Å². The summed E-state index contributed by atoms with van der Waals surface area (Å²) in [6.07, 6.45) is 6.79. The lowest BCUT2D eigenvalue weighted by atomic mass is 10.2. The highest BCUT2D eigenvalue weighted by atomic mass is 16.2. The first-order valence-corrected chi connectivity index (χ1v) is 7.58. The molecule has 0 atom stereocenters. The standard InChI is InChI=1S/C14H27N5O/c1-3-5-9-18(10-6-4-2)14(20)12-19-11-13(7-8-15)16-17-19/h11H,3-10,12,15H2,1-2H3. The zero-order valence-corrected chi connectivity index (χ0v) is 12.7. The van der Waals surface area contributed by atoms with E-state index >= 15 is 0 Å². The van der Waals surface area contributed by atoms with Gasteiger partial charge in [-0.2, -0.15) is 0 Å². The Morgan fingerprint density at radius 3 is 2.50 bits per heavy atom. The number of hydrogen-bond donors (Lipinski definition) is 1. The maximum Gasteiger partial charge on any atom is 0.244 e. The second-order valence-corrected chi connectivity index (χ2v) is 5.03. The van der Waals surface area contributed by atoms with E-state index in [0.29, 0.717) is 13.0 Å². The average Bonchev–Trinajstić information content (AvgIpc) is 2.86. The van der Waals surface area contributed by atoms with Crippen LogP contribution in [-0.4, -0.2) is 45.4 Å². The average molecular weight is 281 g/mol. The van der Waals surface area contributed by atoms with E-state index in [2.05, 4.69) is 24.2 Å². The van der Waals surface area contributed by atoms with E-state index in [9.17, 15) is 4.79 Å². The Morgan fingerprint density at radius 2 is 1.95 bits per heavy atom. The van der Waals surface area contributed by atoms with Crippen molar-refractivity contribution < 1.29 is 4.79 Å². The first-order chi connectivity index (χ1) is 9.71. The molecule has 0 fully saturated rings. The molecule has 20 heavy (non-hydrogen) atoms. The number of rotatable bonds is 10. The maximum atomic E-state index is 12.3. The van der Waals surface area contributed by atoms with E-state index in [1.807, 2.05) is 11.1 Å². The largest absolute Gasteiger partial charge is 0.341 e. The maximum absolute atomic E-state index is 12.3. The molecule has 0 spiro atoms. The molecule has 1 aromatic heterocycles. The van der Waals surface area contributed by atoms with Crippen molar-refractivity contribution in [1.82, 2.24) is 19.9 Å². The second-order valence-electron chi connectivity index (χ2n) is 5.03. The predicted molar refractivity (Wildman–Crippen MR) is 79.2 cm³/mol. The van der Waals surface area contributed by atoms with Crippen LogP contribution in [0.25, 0.3) is 0 Å². The summed E-state index contributed by atoms with van der Waals surface area (Å²) >= 11 is 0. The van der Waals surface area contributed by atoms with Crippen LogP contribution in [0.3, 0.4) is 0 Å². The molecular weight excluding hydrogens is 254 g/mol. The minimum Gasteiger partial charge on any atom is -0.341 e. The van der Waals surface area contributed by atoms with E-state index in [-0.39, 0.29) is 12.5 Å². The van der Waals surface area contributed by atoms with Gasteiger partial charge < -0.3 is 10.6 Å². The number of aromatic nitrogens is 3. The van der Waals surface area contributed by atoms with Crippen LogP contribution in [0.2, 0.25) is 0 Å². The Balaban J connectivity index is 2.53. The zero-order chi connectivity index (χ0) is 14.8. The van der Waals surface area contributed by atoms with Crippen LogP contribution >= 0.6 is 0 Å². The van der Waals surface area contributed by atoms with Gasteiger partial charge in [-0.3, -0.25) is 4.79 Å². The van der Waals surface area contributed by atoms with Crippen molar-refractivity contribution in [1.29, 1.82) is 0 Å². The predicted octanol–water partition coefficient (Wildman–Crippen LogP) is 1.21. The first kappa shape index (κ1) is 16.6. The Bertz CT molecular complexity index is 383. The van der Waals surface area contributed by atoms with Crippen LogP contribution in [0.5, 0.6) is 0 Å². The molecule has 0 saturated heterocycles. The third-order valence-corrected chi connectivity index (χ3v) is 3.20. The number of carbonyl (C=O) groups excluding carboxylic acids is 1. The highest BCUT2D eigenvalue weighted by Crippen LogP contribution is 2.02. The summed E-state index contributed by atoms with van der Waals surface area (Å²) in [4.78, 5) is 14.2. The number of nitrogens with two attached hydrogens (primary N) is 1. The summed E-state index contributed by atoms with van der Waals surface area (Å²) in [5, 5.41) is 7.99. The lowest BCUT2D eigenvalue weighted by Crippen LogP contribution is -2.35. The number of amides is 1. The van der Waals surface area contributed by atoms with Crippen LogP contribution in [-0.2, 0) is 17.8 Å². The third-order valence-electron chi connectivity index (χ3n) is 3.20. The van der Waals surface area contributed by atoms with Gasteiger partial charge in [0, 0.05) is 25.7 Å². The molecule has 1 aromatic rings. The zero-order valence-electron chi connectivity index (χ0n) is 12.7. The van der Waals surface area contributed by atoms with Gasteiger partial charge in [-0.1, -0.05) is 31.9 Å². The van der Waals surface area contributed by atoms with Crippen molar-refractivity contribution >= 4 is 5.91 Å². The molecule has 2 N–H and O–H groups in total. The van der Waals surface area contributed by atoms with Crippen LogP contribution in [0.4, 0.5) is 0 Å². The van der Waals surface area contributed by atoms with Crippen LogP contribution in [0, 0.1) is 0 Å². The van der Waals surface area contributed by atoms with E-state index in [1.165, 1.54) is 0 Å². The molecule has 1 amide bonds. The van der Waals surface area contributed by atoms with Crippen molar-refractivity contribution in [2.24, 2.45) is 5.73 Å². The molecule has 6 heteroatoms. The minimum absolute atomic E-state index is 0.121. The molecular formula is C14H27N5O. The third kappa shape index (κ3) is 5.69. The Labute approximate surface area is 121 Å². The van der Waals surface area contributed by atoms with Crippen molar-refractivity contribution in [2.75, 3.05) is 19.6 Å². The SMILES string of the molecule is CCCCN(CCCC)C(=O)Cn1cc(CCN)nn1. The van der Waals surface area contributed by atoms with Gasteiger partial charge in [0.15, 0.2) is 0 Å². The Hall–Kier alpha value is -1.43. The monoisotopic (exact) mass is 281 g/mol. The molecule has 0 aromatic carbocycles. The second kappa shape index (κ2) is 9.47. The lowest BCUT2D eigenvalue weighted by molar-refractivity contribution is -0.132. The normalized spacial score (nSPS) is 10.8. The lowest BCUT2D eigenvalue weighted by Gasteiger charge is -2.22. The molecule has 114 valence electrons. The molecule has 1 heterocycles. The molecule has 6 nitrogen and oxygen atoms in total.